The zero-order valence-corrected chi connectivity index (χ0v) is 12.4. The van der Waals surface area contributed by atoms with Crippen molar-refractivity contribution in [3.8, 4) is 0 Å². The lowest BCUT2D eigenvalue weighted by atomic mass is 9.88. The lowest BCUT2D eigenvalue weighted by molar-refractivity contribution is 0.0940. The van der Waals surface area contributed by atoms with E-state index in [1.54, 1.807) is 0 Å². The third kappa shape index (κ3) is 1.94. The minimum absolute atomic E-state index is 0.0580. The van der Waals surface area contributed by atoms with Crippen LogP contribution in [0.15, 0.2) is 28.7 Å². The molecule has 1 amide bonds. The van der Waals surface area contributed by atoms with Crippen LogP contribution in [0, 0.1) is 29.6 Å². The van der Waals surface area contributed by atoms with Gasteiger partial charge in [0.2, 0.25) is 0 Å². The summed E-state index contributed by atoms with van der Waals surface area (Å²) in [5.41, 5.74) is 0.745. The maximum absolute atomic E-state index is 12.2. The molecule has 3 heteroatoms. The van der Waals surface area contributed by atoms with Crippen molar-refractivity contribution in [1.29, 1.82) is 0 Å². The molecule has 3 aliphatic carbocycles. The lowest BCUT2D eigenvalue weighted by Gasteiger charge is -2.21. The number of halogens is 1. The molecule has 2 nitrogen and oxygen atoms in total. The van der Waals surface area contributed by atoms with Gasteiger partial charge in [0.25, 0.3) is 5.91 Å². The largest absolute Gasteiger partial charge is 0.352 e. The predicted molar refractivity (Wildman–Crippen MR) is 77.8 cm³/mol. The summed E-state index contributed by atoms with van der Waals surface area (Å²) in [5.74, 6) is 4.78. The molecule has 3 aliphatic rings. The Bertz CT molecular complexity index is 529. The fourth-order valence-corrected chi connectivity index (χ4v) is 5.01. The van der Waals surface area contributed by atoms with Gasteiger partial charge in [0.1, 0.15) is 0 Å². The second-order valence-corrected chi connectivity index (χ2v) is 7.26. The highest BCUT2D eigenvalue weighted by Gasteiger charge is 2.60. The number of fused-ring (bicyclic) bond motifs is 5. The SMILES string of the molecule is O=C(NC[C@@H]1C[C@H]2C[C@H]1[C@H]1C[C@@H]21)c1ccccc1Br. The summed E-state index contributed by atoms with van der Waals surface area (Å²) in [6.45, 7) is 0.866. The number of hydrogen-bond donors (Lipinski definition) is 1. The molecule has 3 fully saturated rings. The first-order chi connectivity index (χ1) is 9.24. The van der Waals surface area contributed by atoms with Crippen LogP contribution in [0.1, 0.15) is 29.6 Å². The fraction of sp³-hybridized carbons (Fsp3) is 0.562. The molecule has 19 heavy (non-hydrogen) atoms. The lowest BCUT2D eigenvalue weighted by Crippen LogP contribution is -2.32. The number of carbonyl (C=O) groups excluding carboxylic acids is 1. The topological polar surface area (TPSA) is 29.1 Å². The summed E-state index contributed by atoms with van der Waals surface area (Å²) in [6.07, 6.45) is 4.26. The van der Waals surface area contributed by atoms with Gasteiger partial charge in [0, 0.05) is 11.0 Å². The van der Waals surface area contributed by atoms with E-state index < -0.39 is 0 Å². The highest BCUT2D eigenvalue weighted by molar-refractivity contribution is 9.10. The zero-order valence-electron chi connectivity index (χ0n) is 10.8. The normalized spacial score (nSPS) is 38.1. The van der Waals surface area contributed by atoms with Crippen LogP contribution in [0.2, 0.25) is 0 Å². The van der Waals surface area contributed by atoms with E-state index in [1.807, 2.05) is 24.3 Å². The molecule has 0 heterocycles. The maximum atomic E-state index is 12.2. The Kier molecular flexibility index (Phi) is 2.73. The van der Waals surface area contributed by atoms with Crippen LogP contribution in [0.4, 0.5) is 0 Å². The van der Waals surface area contributed by atoms with E-state index in [2.05, 4.69) is 21.2 Å². The molecule has 0 saturated heterocycles. The molecule has 1 aromatic carbocycles. The van der Waals surface area contributed by atoms with Crippen LogP contribution < -0.4 is 5.32 Å². The van der Waals surface area contributed by atoms with Crippen LogP contribution in [-0.2, 0) is 0 Å². The quantitative estimate of drug-likeness (QED) is 0.908. The van der Waals surface area contributed by atoms with Gasteiger partial charge >= 0.3 is 0 Å². The van der Waals surface area contributed by atoms with Gasteiger partial charge in [-0.1, -0.05) is 12.1 Å². The van der Waals surface area contributed by atoms with E-state index in [1.165, 1.54) is 19.3 Å². The summed E-state index contributed by atoms with van der Waals surface area (Å²) in [6, 6.07) is 7.63. The molecular formula is C16H18BrNO. The Morgan fingerprint density at radius 2 is 2.00 bits per heavy atom. The monoisotopic (exact) mass is 319 g/mol. The van der Waals surface area contributed by atoms with E-state index in [4.69, 9.17) is 0 Å². The molecule has 0 aliphatic heterocycles. The molecule has 0 spiro atoms. The summed E-state index contributed by atoms with van der Waals surface area (Å²) >= 11 is 3.44. The van der Waals surface area contributed by atoms with Crippen molar-refractivity contribution in [2.45, 2.75) is 19.3 Å². The summed E-state index contributed by atoms with van der Waals surface area (Å²) < 4.78 is 0.877. The predicted octanol–water partition coefficient (Wildman–Crippen LogP) is 3.47. The molecular weight excluding hydrogens is 302 g/mol. The average molecular weight is 320 g/mol. The summed E-state index contributed by atoms with van der Waals surface area (Å²) in [7, 11) is 0. The van der Waals surface area contributed by atoms with Crippen LogP contribution in [0.5, 0.6) is 0 Å². The van der Waals surface area contributed by atoms with Gasteiger partial charge in [-0.25, -0.2) is 0 Å². The molecule has 3 saturated carbocycles. The van der Waals surface area contributed by atoms with E-state index in [0.717, 1.165) is 46.2 Å². The van der Waals surface area contributed by atoms with E-state index in [0.29, 0.717) is 0 Å². The van der Waals surface area contributed by atoms with Gasteiger partial charge < -0.3 is 5.32 Å². The first-order valence-electron chi connectivity index (χ1n) is 7.27. The van der Waals surface area contributed by atoms with Gasteiger partial charge in [-0.15, -0.1) is 0 Å². The van der Waals surface area contributed by atoms with Crippen molar-refractivity contribution < 1.29 is 4.79 Å². The molecule has 1 aromatic rings. The molecule has 2 bridgehead atoms. The van der Waals surface area contributed by atoms with Gasteiger partial charge in [-0.05, 0) is 76.9 Å². The molecule has 5 atom stereocenters. The molecule has 0 aromatic heterocycles. The Morgan fingerprint density at radius 3 is 2.74 bits per heavy atom. The summed E-state index contributed by atoms with van der Waals surface area (Å²) in [5, 5.41) is 3.14. The Morgan fingerprint density at radius 1 is 1.16 bits per heavy atom. The second kappa shape index (κ2) is 4.34. The number of nitrogens with one attached hydrogen (secondary N) is 1. The maximum Gasteiger partial charge on any atom is 0.252 e. The standard InChI is InChI=1S/C16H18BrNO/c17-15-4-2-1-3-11(15)16(19)18-8-10-5-9-6-12(10)14-7-13(9)14/h1-4,9-10,12-14H,5-8H2,(H,18,19)/t9-,10-,12+,13-,14+/m0/s1. The van der Waals surface area contributed by atoms with Crippen LogP contribution in [0.25, 0.3) is 0 Å². The average Bonchev–Trinajstić information content (AvgIpc) is 3.03. The fourth-order valence-electron chi connectivity index (χ4n) is 4.55. The number of amides is 1. The second-order valence-electron chi connectivity index (χ2n) is 6.41. The van der Waals surface area contributed by atoms with Crippen LogP contribution in [0.3, 0.4) is 0 Å². The van der Waals surface area contributed by atoms with Gasteiger partial charge in [-0.2, -0.15) is 0 Å². The number of benzene rings is 1. The highest BCUT2D eigenvalue weighted by Crippen LogP contribution is 2.67. The smallest absolute Gasteiger partial charge is 0.252 e. The number of rotatable bonds is 3. The third-order valence-corrected chi connectivity index (χ3v) is 6.17. The Labute approximate surface area is 122 Å². The first-order valence-corrected chi connectivity index (χ1v) is 8.06. The Balaban J connectivity index is 1.38. The minimum atomic E-state index is 0.0580. The van der Waals surface area contributed by atoms with Crippen molar-refractivity contribution in [1.82, 2.24) is 5.32 Å². The number of hydrogen-bond acceptors (Lipinski definition) is 1. The zero-order chi connectivity index (χ0) is 13.0. The molecule has 0 unspecified atom stereocenters. The van der Waals surface area contributed by atoms with Crippen molar-refractivity contribution >= 4 is 21.8 Å². The molecule has 0 radical (unpaired) electrons. The first kappa shape index (κ1) is 12.0. The van der Waals surface area contributed by atoms with E-state index in [-0.39, 0.29) is 5.91 Å². The van der Waals surface area contributed by atoms with Crippen molar-refractivity contribution in [3.63, 3.8) is 0 Å². The minimum Gasteiger partial charge on any atom is -0.352 e. The molecule has 1 N–H and O–H groups in total. The van der Waals surface area contributed by atoms with Gasteiger partial charge in [0.05, 0.1) is 5.56 Å². The highest BCUT2D eigenvalue weighted by atomic mass is 79.9. The van der Waals surface area contributed by atoms with Crippen molar-refractivity contribution in [2.24, 2.45) is 29.6 Å². The van der Waals surface area contributed by atoms with Crippen LogP contribution >= 0.6 is 15.9 Å². The molecule has 100 valence electrons. The van der Waals surface area contributed by atoms with Crippen LogP contribution in [-0.4, -0.2) is 12.5 Å². The number of carbonyl (C=O) groups is 1. The van der Waals surface area contributed by atoms with Gasteiger partial charge in [-0.3, -0.25) is 4.79 Å². The van der Waals surface area contributed by atoms with E-state index in [9.17, 15) is 4.79 Å². The third-order valence-electron chi connectivity index (χ3n) is 5.48. The van der Waals surface area contributed by atoms with Crippen molar-refractivity contribution in [2.75, 3.05) is 6.54 Å². The Hall–Kier alpha value is -0.830. The van der Waals surface area contributed by atoms with Crippen molar-refractivity contribution in [3.05, 3.63) is 34.3 Å². The molecule has 4 rings (SSSR count). The summed E-state index contributed by atoms with van der Waals surface area (Å²) in [4.78, 5) is 12.2. The van der Waals surface area contributed by atoms with Gasteiger partial charge in [0.15, 0.2) is 0 Å². The van der Waals surface area contributed by atoms with E-state index >= 15 is 0 Å².